The standard InChI is InChI=1S/C20H24N4O/c1-13-8-14(12-24-20(25)18-6-3-7-23-18)10-17(9-13)15-4-2-5-16(11-15)19(21)22/h2,4-5,8-11,18,23H,3,6-7,12H2,1H3,(H3,21,22)(H,24,25)/t18-/m0/s1. The number of amidine groups is 1. The van der Waals surface area contributed by atoms with Crippen molar-refractivity contribution >= 4 is 11.7 Å². The lowest BCUT2D eigenvalue weighted by atomic mass is 9.98. The van der Waals surface area contributed by atoms with Crippen LogP contribution in [-0.2, 0) is 11.3 Å². The van der Waals surface area contributed by atoms with Crippen LogP contribution < -0.4 is 16.4 Å². The molecule has 5 heteroatoms. The normalized spacial score (nSPS) is 16.6. The number of rotatable bonds is 5. The Bertz CT molecular complexity index is 794. The van der Waals surface area contributed by atoms with E-state index in [9.17, 15) is 4.79 Å². The highest BCUT2D eigenvalue weighted by atomic mass is 16.2. The van der Waals surface area contributed by atoms with Crippen LogP contribution in [0.25, 0.3) is 11.1 Å². The molecule has 2 aromatic carbocycles. The van der Waals surface area contributed by atoms with E-state index >= 15 is 0 Å². The first-order chi connectivity index (χ1) is 12.0. The second-order valence-corrected chi connectivity index (χ2v) is 6.57. The molecule has 1 heterocycles. The lowest BCUT2D eigenvalue weighted by molar-refractivity contribution is -0.122. The number of hydrogen-bond acceptors (Lipinski definition) is 3. The van der Waals surface area contributed by atoms with Gasteiger partial charge in [0.05, 0.1) is 6.04 Å². The van der Waals surface area contributed by atoms with Gasteiger partial charge < -0.3 is 16.4 Å². The zero-order valence-corrected chi connectivity index (χ0v) is 14.4. The van der Waals surface area contributed by atoms with Gasteiger partial charge in [-0.25, -0.2) is 0 Å². The minimum atomic E-state index is -0.0588. The Balaban J connectivity index is 1.77. The number of aryl methyl sites for hydroxylation is 1. The van der Waals surface area contributed by atoms with Gasteiger partial charge in [0.25, 0.3) is 0 Å². The van der Waals surface area contributed by atoms with E-state index < -0.39 is 0 Å². The Kier molecular flexibility index (Phi) is 5.14. The molecule has 130 valence electrons. The van der Waals surface area contributed by atoms with Gasteiger partial charge in [0, 0.05) is 12.1 Å². The summed E-state index contributed by atoms with van der Waals surface area (Å²) < 4.78 is 0. The van der Waals surface area contributed by atoms with Crippen molar-refractivity contribution in [2.24, 2.45) is 5.73 Å². The third kappa shape index (κ3) is 4.25. The maximum Gasteiger partial charge on any atom is 0.237 e. The molecule has 0 saturated carbocycles. The van der Waals surface area contributed by atoms with Gasteiger partial charge in [0.2, 0.25) is 5.91 Å². The monoisotopic (exact) mass is 336 g/mol. The summed E-state index contributed by atoms with van der Waals surface area (Å²) in [4.78, 5) is 12.2. The molecule has 5 N–H and O–H groups in total. The minimum Gasteiger partial charge on any atom is -0.384 e. The predicted octanol–water partition coefficient (Wildman–Crippen LogP) is 2.31. The average molecular weight is 336 g/mol. The molecule has 1 amide bonds. The van der Waals surface area contributed by atoms with Gasteiger partial charge in [-0.05, 0) is 55.1 Å². The van der Waals surface area contributed by atoms with Gasteiger partial charge >= 0.3 is 0 Å². The Morgan fingerprint density at radius 1 is 1.28 bits per heavy atom. The van der Waals surface area contributed by atoms with Crippen LogP contribution in [-0.4, -0.2) is 24.3 Å². The maximum atomic E-state index is 12.2. The highest BCUT2D eigenvalue weighted by molar-refractivity contribution is 5.96. The molecule has 0 bridgehead atoms. The van der Waals surface area contributed by atoms with E-state index in [-0.39, 0.29) is 17.8 Å². The van der Waals surface area contributed by atoms with Crippen LogP contribution >= 0.6 is 0 Å². The van der Waals surface area contributed by atoms with E-state index in [0.29, 0.717) is 12.1 Å². The molecule has 2 aromatic rings. The first-order valence-corrected chi connectivity index (χ1v) is 8.59. The predicted molar refractivity (Wildman–Crippen MR) is 101 cm³/mol. The molecular formula is C20H24N4O. The summed E-state index contributed by atoms with van der Waals surface area (Å²) in [5, 5.41) is 13.8. The van der Waals surface area contributed by atoms with Crippen molar-refractivity contribution in [1.29, 1.82) is 5.41 Å². The van der Waals surface area contributed by atoms with E-state index in [0.717, 1.165) is 41.6 Å². The highest BCUT2D eigenvalue weighted by Gasteiger charge is 2.21. The number of carbonyl (C=O) groups excluding carboxylic acids is 1. The first-order valence-electron chi connectivity index (χ1n) is 8.59. The van der Waals surface area contributed by atoms with Gasteiger partial charge in [-0.2, -0.15) is 0 Å². The number of benzene rings is 2. The maximum absolute atomic E-state index is 12.2. The van der Waals surface area contributed by atoms with Gasteiger partial charge in [0.1, 0.15) is 5.84 Å². The largest absolute Gasteiger partial charge is 0.384 e. The second-order valence-electron chi connectivity index (χ2n) is 6.57. The van der Waals surface area contributed by atoms with E-state index in [4.69, 9.17) is 11.1 Å². The van der Waals surface area contributed by atoms with Gasteiger partial charge in [0.15, 0.2) is 0 Å². The summed E-state index contributed by atoms with van der Waals surface area (Å²) >= 11 is 0. The fraction of sp³-hybridized carbons (Fsp3) is 0.300. The van der Waals surface area contributed by atoms with Gasteiger partial charge in [-0.1, -0.05) is 35.9 Å². The third-order valence-corrected chi connectivity index (χ3v) is 4.49. The minimum absolute atomic E-state index is 0.0588. The summed E-state index contributed by atoms with van der Waals surface area (Å²) in [7, 11) is 0. The topological polar surface area (TPSA) is 91.0 Å². The Morgan fingerprint density at radius 2 is 2.12 bits per heavy atom. The van der Waals surface area contributed by atoms with E-state index in [1.165, 1.54) is 0 Å². The lowest BCUT2D eigenvalue weighted by Crippen LogP contribution is -2.40. The van der Waals surface area contributed by atoms with Crippen molar-refractivity contribution in [2.45, 2.75) is 32.4 Å². The molecule has 3 rings (SSSR count). The van der Waals surface area contributed by atoms with Crippen LogP contribution in [0.4, 0.5) is 0 Å². The lowest BCUT2D eigenvalue weighted by Gasteiger charge is -2.13. The number of nitrogen functional groups attached to an aromatic ring is 1. The van der Waals surface area contributed by atoms with Crippen molar-refractivity contribution in [3.8, 4) is 11.1 Å². The van der Waals surface area contributed by atoms with Gasteiger partial charge in [-0.3, -0.25) is 10.2 Å². The molecule has 5 nitrogen and oxygen atoms in total. The average Bonchev–Trinajstić information content (AvgIpc) is 3.14. The van der Waals surface area contributed by atoms with Crippen LogP contribution in [0.15, 0.2) is 42.5 Å². The Hall–Kier alpha value is -2.66. The summed E-state index contributed by atoms with van der Waals surface area (Å²) in [5.41, 5.74) is 10.6. The van der Waals surface area contributed by atoms with Crippen LogP contribution in [0.5, 0.6) is 0 Å². The smallest absolute Gasteiger partial charge is 0.237 e. The number of nitrogens with one attached hydrogen (secondary N) is 3. The number of nitrogens with two attached hydrogens (primary N) is 1. The van der Waals surface area contributed by atoms with Crippen molar-refractivity contribution in [3.05, 3.63) is 59.2 Å². The van der Waals surface area contributed by atoms with E-state index in [2.05, 4.69) is 28.8 Å². The molecule has 0 aliphatic carbocycles. The fourth-order valence-electron chi connectivity index (χ4n) is 3.22. The quantitative estimate of drug-likeness (QED) is 0.499. The highest BCUT2D eigenvalue weighted by Crippen LogP contribution is 2.23. The summed E-state index contributed by atoms with van der Waals surface area (Å²) in [6, 6.07) is 13.9. The summed E-state index contributed by atoms with van der Waals surface area (Å²) in [6.45, 7) is 3.47. The van der Waals surface area contributed by atoms with E-state index in [1.807, 2.05) is 31.2 Å². The van der Waals surface area contributed by atoms with Crippen molar-refractivity contribution < 1.29 is 4.79 Å². The molecule has 25 heavy (non-hydrogen) atoms. The Morgan fingerprint density at radius 3 is 2.84 bits per heavy atom. The van der Waals surface area contributed by atoms with Crippen LogP contribution in [0.3, 0.4) is 0 Å². The van der Waals surface area contributed by atoms with E-state index in [1.54, 1.807) is 0 Å². The first kappa shape index (κ1) is 17.2. The molecule has 0 spiro atoms. The molecule has 1 aliphatic rings. The second kappa shape index (κ2) is 7.49. The van der Waals surface area contributed by atoms with Crippen molar-refractivity contribution in [2.75, 3.05) is 6.54 Å². The molecule has 0 aromatic heterocycles. The summed E-state index contributed by atoms with van der Waals surface area (Å²) in [5.74, 6) is 0.130. The van der Waals surface area contributed by atoms with Crippen LogP contribution in [0, 0.1) is 12.3 Å². The molecular weight excluding hydrogens is 312 g/mol. The zero-order chi connectivity index (χ0) is 17.8. The molecule has 1 atom stereocenters. The van der Waals surface area contributed by atoms with Crippen molar-refractivity contribution in [3.63, 3.8) is 0 Å². The fourth-order valence-corrected chi connectivity index (χ4v) is 3.22. The third-order valence-electron chi connectivity index (χ3n) is 4.49. The molecule has 1 fully saturated rings. The number of hydrogen-bond donors (Lipinski definition) is 4. The molecule has 0 unspecified atom stereocenters. The van der Waals surface area contributed by atoms with Crippen molar-refractivity contribution in [1.82, 2.24) is 10.6 Å². The zero-order valence-electron chi connectivity index (χ0n) is 14.4. The molecule has 0 radical (unpaired) electrons. The molecule has 1 saturated heterocycles. The van der Waals surface area contributed by atoms with Crippen LogP contribution in [0.1, 0.15) is 29.5 Å². The van der Waals surface area contributed by atoms with Crippen LogP contribution in [0.2, 0.25) is 0 Å². The number of amides is 1. The number of carbonyl (C=O) groups is 1. The SMILES string of the molecule is Cc1cc(CNC(=O)[C@@H]2CCCN2)cc(-c2cccc(C(=N)N)c2)c1. The summed E-state index contributed by atoms with van der Waals surface area (Å²) in [6.07, 6.45) is 1.96. The van der Waals surface area contributed by atoms with Gasteiger partial charge in [-0.15, -0.1) is 0 Å². The Labute approximate surface area is 148 Å². The molecule has 1 aliphatic heterocycles.